The van der Waals surface area contributed by atoms with Crippen LogP contribution in [0.5, 0.6) is 0 Å². The molecule has 1 amide bonds. The summed E-state index contributed by atoms with van der Waals surface area (Å²) in [5.41, 5.74) is 0. The van der Waals surface area contributed by atoms with Gasteiger partial charge in [-0.2, -0.15) is 10.5 Å². The van der Waals surface area contributed by atoms with Gasteiger partial charge in [-0.15, -0.1) is 0 Å². The van der Waals surface area contributed by atoms with E-state index in [1.807, 2.05) is 0 Å². The summed E-state index contributed by atoms with van der Waals surface area (Å²) in [6.07, 6.45) is 7.22. The second-order valence-corrected chi connectivity index (χ2v) is 4.39. The zero-order chi connectivity index (χ0) is 16.1. The summed E-state index contributed by atoms with van der Waals surface area (Å²) in [4.78, 5) is 40.4. The largest absolute Gasteiger partial charge is 0.364 e. The molecule has 1 atom stereocenters. The van der Waals surface area contributed by atoms with E-state index in [1.165, 1.54) is 6.08 Å². The topological polar surface area (TPSA) is 122 Å². The van der Waals surface area contributed by atoms with Gasteiger partial charge in [0.1, 0.15) is 6.04 Å². The zero-order valence-corrected chi connectivity index (χ0v) is 11.9. The monoisotopic (exact) mass is 303 g/mol. The van der Waals surface area contributed by atoms with Gasteiger partial charge in [0.25, 0.3) is 0 Å². The van der Waals surface area contributed by atoms with Gasteiger partial charge in [-0.25, -0.2) is 9.59 Å². The van der Waals surface area contributed by atoms with Crippen LogP contribution < -0.4 is 5.32 Å². The predicted octanol–water partition coefficient (Wildman–Crippen LogP) is 1.42. The zero-order valence-electron chi connectivity index (χ0n) is 11.9. The predicted molar refractivity (Wildman–Crippen MR) is 71.9 cm³/mol. The summed E-state index contributed by atoms with van der Waals surface area (Å²) in [5.74, 6) is -2.99. The lowest BCUT2D eigenvalue weighted by atomic mass is 10.1. The molecule has 0 saturated carbocycles. The molecule has 21 heavy (non-hydrogen) atoms. The van der Waals surface area contributed by atoms with Gasteiger partial charge in [-0.05, 0) is 18.9 Å². The summed E-state index contributed by atoms with van der Waals surface area (Å²) in [5, 5.41) is 18.6. The van der Waals surface area contributed by atoms with E-state index in [0.29, 0.717) is 0 Å². The molecule has 0 aliphatic rings. The Hall–Kier alpha value is -1.93. The second kappa shape index (κ2) is 11.9. The van der Waals surface area contributed by atoms with Crippen molar-refractivity contribution < 1.29 is 34.7 Å². The lowest BCUT2D eigenvalue weighted by molar-refractivity contribution is -0.242. The molecule has 0 rings (SSSR count). The summed E-state index contributed by atoms with van der Waals surface area (Å²) in [7, 11) is 0. The molecule has 3 N–H and O–H groups in total. The highest BCUT2D eigenvalue weighted by molar-refractivity contribution is 5.92. The third-order valence-electron chi connectivity index (χ3n) is 2.66. The van der Waals surface area contributed by atoms with Crippen LogP contribution >= 0.6 is 0 Å². The number of hydrogen-bond acceptors (Lipinski definition) is 7. The Labute approximate surface area is 122 Å². The van der Waals surface area contributed by atoms with Crippen molar-refractivity contribution in [2.24, 2.45) is 0 Å². The molecule has 120 valence electrons. The Morgan fingerprint density at radius 3 is 2.43 bits per heavy atom. The molecule has 0 heterocycles. The second-order valence-electron chi connectivity index (χ2n) is 4.39. The van der Waals surface area contributed by atoms with Crippen LogP contribution in [-0.2, 0) is 24.2 Å². The average Bonchev–Trinajstić information content (AvgIpc) is 2.49. The Morgan fingerprint density at radius 1 is 1.14 bits per heavy atom. The Balaban J connectivity index is 4.23. The van der Waals surface area contributed by atoms with E-state index < -0.39 is 30.3 Å². The smallest absolute Gasteiger partial charge is 0.339 e. The fourth-order valence-corrected chi connectivity index (χ4v) is 1.56. The van der Waals surface area contributed by atoms with Crippen LogP contribution in [0.1, 0.15) is 45.4 Å². The summed E-state index contributed by atoms with van der Waals surface area (Å²) in [6.45, 7) is 2.10. The van der Waals surface area contributed by atoms with Gasteiger partial charge < -0.3 is 10.2 Å². The maximum atomic E-state index is 11.5. The van der Waals surface area contributed by atoms with E-state index in [9.17, 15) is 14.4 Å². The third-order valence-corrected chi connectivity index (χ3v) is 2.66. The van der Waals surface area contributed by atoms with Crippen LogP contribution in [-0.4, -0.2) is 34.4 Å². The van der Waals surface area contributed by atoms with Gasteiger partial charge in [0.05, 0.1) is 6.42 Å². The van der Waals surface area contributed by atoms with E-state index in [0.717, 1.165) is 32.1 Å². The van der Waals surface area contributed by atoms with Crippen molar-refractivity contribution in [1.82, 2.24) is 5.32 Å². The third kappa shape index (κ3) is 9.58. The van der Waals surface area contributed by atoms with Crippen LogP contribution in [0.2, 0.25) is 0 Å². The lowest BCUT2D eigenvalue weighted by Gasteiger charge is -2.12. The first kappa shape index (κ1) is 19.1. The molecular formula is C13H21NO7. The Bertz CT molecular complexity index is 368. The molecule has 0 aliphatic carbocycles. The number of nitrogens with one attached hydrogen (secondary N) is 1. The van der Waals surface area contributed by atoms with E-state index >= 15 is 0 Å². The first-order valence-electron chi connectivity index (χ1n) is 6.71. The van der Waals surface area contributed by atoms with Crippen LogP contribution in [0.3, 0.4) is 0 Å². The first-order chi connectivity index (χ1) is 10.0. The highest BCUT2D eigenvalue weighted by atomic mass is 17.1. The number of carbonyl (C=O) groups excluding carboxylic acids is 3. The van der Waals surface area contributed by atoms with Crippen LogP contribution in [0, 0.1) is 0 Å². The van der Waals surface area contributed by atoms with Crippen molar-refractivity contribution in [3.63, 3.8) is 0 Å². The highest BCUT2D eigenvalue weighted by Crippen LogP contribution is 2.03. The van der Waals surface area contributed by atoms with Crippen molar-refractivity contribution in [1.29, 1.82) is 0 Å². The lowest BCUT2D eigenvalue weighted by Crippen LogP contribution is -2.42. The molecule has 0 aromatic rings. The van der Waals surface area contributed by atoms with Crippen molar-refractivity contribution in [3.05, 3.63) is 12.2 Å². The fraction of sp³-hybridized carbons (Fsp3) is 0.615. The molecule has 0 aromatic heterocycles. The molecular weight excluding hydrogens is 282 g/mol. The van der Waals surface area contributed by atoms with Crippen molar-refractivity contribution in [2.45, 2.75) is 51.5 Å². The number of unbranched alkanes of at least 4 members (excludes halogenated alkanes) is 4. The van der Waals surface area contributed by atoms with Gasteiger partial charge in [-0.3, -0.25) is 9.68 Å². The molecule has 0 saturated heterocycles. The van der Waals surface area contributed by atoms with Crippen molar-refractivity contribution >= 4 is 17.8 Å². The van der Waals surface area contributed by atoms with Crippen LogP contribution in [0.15, 0.2) is 12.2 Å². The number of allylic oxidation sites excluding steroid dienone is 1. The molecule has 8 nitrogen and oxygen atoms in total. The van der Waals surface area contributed by atoms with Gasteiger partial charge >= 0.3 is 11.9 Å². The Kier molecular flexibility index (Phi) is 10.8. The summed E-state index contributed by atoms with van der Waals surface area (Å²) in [6, 6.07) is -1.44. The molecule has 0 bridgehead atoms. The van der Waals surface area contributed by atoms with E-state index in [2.05, 4.69) is 22.0 Å². The van der Waals surface area contributed by atoms with Crippen LogP contribution in [0.4, 0.5) is 0 Å². The summed E-state index contributed by atoms with van der Waals surface area (Å²) >= 11 is 0. The average molecular weight is 303 g/mol. The van der Waals surface area contributed by atoms with Gasteiger partial charge in [0, 0.05) is 0 Å². The highest BCUT2D eigenvalue weighted by Gasteiger charge is 2.26. The molecule has 0 radical (unpaired) electrons. The maximum absolute atomic E-state index is 11.5. The van der Waals surface area contributed by atoms with E-state index in [4.69, 9.17) is 10.5 Å². The molecule has 0 aromatic carbocycles. The molecule has 8 heteroatoms. The quantitative estimate of drug-likeness (QED) is 0.241. The molecule has 0 spiro atoms. The van der Waals surface area contributed by atoms with Crippen LogP contribution in [0.25, 0.3) is 0 Å². The Morgan fingerprint density at radius 2 is 1.86 bits per heavy atom. The number of amides is 1. The summed E-state index contributed by atoms with van der Waals surface area (Å²) < 4.78 is 0. The van der Waals surface area contributed by atoms with E-state index in [1.54, 1.807) is 6.08 Å². The van der Waals surface area contributed by atoms with E-state index in [-0.39, 0.29) is 0 Å². The molecule has 1 unspecified atom stereocenters. The number of rotatable bonds is 10. The maximum Gasteiger partial charge on any atom is 0.364 e. The number of hydrogen-bond donors (Lipinski definition) is 3. The molecule has 0 aliphatic heterocycles. The molecule has 0 fully saturated rings. The van der Waals surface area contributed by atoms with Gasteiger partial charge in [0.2, 0.25) is 5.91 Å². The minimum Gasteiger partial charge on any atom is -0.339 e. The standard InChI is InChI=1S/C13H21NO7/c1-2-3-4-5-6-7-8-11(15)14-10(13(17)21-19)9-12(16)20-18/h7-8,10,18-19H,2-6,9H2,1H3,(H,14,15). The SMILES string of the molecule is CCCCCCC=CC(=O)NC(CC(=O)OO)C(=O)OO. The normalized spacial score (nSPS) is 12.0. The number of carbonyl (C=O) groups is 3. The fourth-order valence-electron chi connectivity index (χ4n) is 1.56. The van der Waals surface area contributed by atoms with Gasteiger partial charge in [-0.1, -0.05) is 32.3 Å². The first-order valence-corrected chi connectivity index (χ1v) is 6.71. The van der Waals surface area contributed by atoms with Gasteiger partial charge in [0.15, 0.2) is 0 Å². The minimum atomic E-state index is -1.44. The van der Waals surface area contributed by atoms with Crippen molar-refractivity contribution in [2.75, 3.05) is 0 Å². The van der Waals surface area contributed by atoms with Crippen molar-refractivity contribution in [3.8, 4) is 0 Å². The minimum absolute atomic E-state index is 0.619.